The van der Waals surface area contributed by atoms with Gasteiger partial charge in [0.05, 0.1) is 13.1 Å². The molecule has 0 amide bonds. The number of carbonyl (C=O) groups is 2. The smallest absolute Gasteiger partial charge is 0.339 e. The minimum Gasteiger partial charge on any atom is -0.506 e. The molecule has 0 radical (unpaired) electrons. The van der Waals surface area contributed by atoms with Crippen molar-refractivity contribution < 1.29 is 46.5 Å². The molecule has 144 valence electrons. The maximum Gasteiger partial charge on any atom is 0.339 e. The number of aromatic hydroxyl groups is 2. The van der Waals surface area contributed by atoms with Crippen molar-refractivity contribution in [1.82, 2.24) is 0 Å². The molecule has 0 aliphatic carbocycles. The van der Waals surface area contributed by atoms with Crippen LogP contribution < -0.4 is 0 Å². The van der Waals surface area contributed by atoms with Crippen LogP contribution in [0.2, 0.25) is 0 Å². The Morgan fingerprint density at radius 1 is 0.778 bits per heavy atom. The van der Waals surface area contributed by atoms with Crippen LogP contribution in [0.3, 0.4) is 0 Å². The van der Waals surface area contributed by atoms with Crippen LogP contribution in [0.5, 0.6) is 11.5 Å². The maximum absolute atomic E-state index is 10.9. The molecule has 27 heavy (non-hydrogen) atoms. The van der Waals surface area contributed by atoms with Gasteiger partial charge in [0.25, 0.3) is 0 Å². The summed E-state index contributed by atoms with van der Waals surface area (Å²) in [6.45, 7) is 0.513. The molecule has 0 heterocycles. The molecule has 0 unspecified atom stereocenters. The van der Waals surface area contributed by atoms with E-state index in [1.54, 1.807) is 0 Å². The average molecular weight is 415 g/mol. The molecule has 9 heteroatoms. The molecule has 0 fully saturated rings. The largest absolute Gasteiger partial charge is 0.506 e. The molecule has 0 aliphatic rings. The van der Waals surface area contributed by atoms with E-state index in [9.17, 15) is 19.8 Å². The predicted octanol–water partition coefficient (Wildman–Crippen LogP) is 2.03. The summed E-state index contributed by atoms with van der Waals surface area (Å²) in [5.41, 5.74) is 0.142. The third-order valence-electron chi connectivity index (χ3n) is 3.41. The van der Waals surface area contributed by atoms with Crippen molar-refractivity contribution in [3.63, 3.8) is 0 Å². The number of aromatic carboxylic acids is 2. The van der Waals surface area contributed by atoms with Gasteiger partial charge in [-0.15, -0.1) is 0 Å². The predicted molar refractivity (Wildman–Crippen MR) is 95.1 cm³/mol. The molecule has 0 saturated carbocycles. The van der Waals surface area contributed by atoms with E-state index < -0.39 is 11.9 Å². The van der Waals surface area contributed by atoms with E-state index >= 15 is 0 Å². The molecule has 8 nitrogen and oxygen atoms in total. The van der Waals surface area contributed by atoms with Gasteiger partial charge < -0.3 is 20.4 Å². The van der Waals surface area contributed by atoms with Crippen molar-refractivity contribution >= 4 is 24.4 Å². The number of aliphatic imine (C=N–C) groups is 2. The van der Waals surface area contributed by atoms with Gasteiger partial charge in [0.2, 0.25) is 0 Å². The van der Waals surface area contributed by atoms with E-state index in [-0.39, 0.29) is 63.3 Å². The summed E-state index contributed by atoms with van der Waals surface area (Å²) in [6, 6.07) is 8.64. The van der Waals surface area contributed by atoms with Crippen molar-refractivity contribution in [2.75, 3.05) is 13.1 Å². The summed E-state index contributed by atoms with van der Waals surface area (Å²) >= 11 is 0. The monoisotopic (exact) mass is 414 g/mol. The summed E-state index contributed by atoms with van der Waals surface area (Å²) in [4.78, 5) is 30.0. The Balaban J connectivity index is 0.00000364. The molecule has 0 spiro atoms. The number of hydrogen-bond acceptors (Lipinski definition) is 6. The number of carboxylic acid groups (broad SMARTS) is 2. The Hall–Kier alpha value is -3.19. The minimum atomic E-state index is -1.23. The van der Waals surface area contributed by atoms with Crippen LogP contribution in [-0.4, -0.2) is 57.9 Å². The van der Waals surface area contributed by atoms with Crippen LogP contribution in [0.4, 0.5) is 0 Å². The number of nitrogens with zero attached hydrogens (tertiary/aromatic N) is 2. The van der Waals surface area contributed by atoms with Gasteiger partial charge in [-0.05, 0) is 24.3 Å². The minimum absolute atomic E-state index is 0. The molecular weight excluding hydrogens is 399 g/mol. The molecule has 0 aliphatic heterocycles. The molecule has 0 bridgehead atoms. The van der Waals surface area contributed by atoms with Crippen LogP contribution >= 0.6 is 0 Å². The Labute approximate surface area is 164 Å². The summed E-state index contributed by atoms with van der Waals surface area (Å²) in [6.07, 6.45) is 2.69. The van der Waals surface area contributed by atoms with Gasteiger partial charge in [-0.2, -0.15) is 0 Å². The molecule has 2 aromatic rings. The van der Waals surface area contributed by atoms with Crippen LogP contribution in [0.1, 0.15) is 31.8 Å². The Kier molecular flexibility index (Phi) is 8.16. The number of benzene rings is 2. The van der Waals surface area contributed by atoms with Gasteiger partial charge in [0, 0.05) is 40.0 Å². The fraction of sp³-hybridized carbons (Fsp3) is 0.111. The zero-order valence-corrected chi connectivity index (χ0v) is 14.8. The van der Waals surface area contributed by atoms with Crippen LogP contribution in [0, 0.1) is 0 Å². The van der Waals surface area contributed by atoms with E-state index in [1.807, 2.05) is 0 Å². The van der Waals surface area contributed by atoms with Crippen molar-refractivity contribution in [1.29, 1.82) is 0 Å². The second-order valence-corrected chi connectivity index (χ2v) is 5.17. The summed E-state index contributed by atoms with van der Waals surface area (Å²) in [5, 5.41) is 37.5. The van der Waals surface area contributed by atoms with Crippen LogP contribution in [0.25, 0.3) is 0 Å². The van der Waals surface area contributed by atoms with E-state index in [1.165, 1.54) is 48.8 Å². The maximum atomic E-state index is 10.9. The molecule has 4 N–H and O–H groups in total. The first-order valence-electron chi connectivity index (χ1n) is 7.52. The summed E-state index contributed by atoms with van der Waals surface area (Å²) in [7, 11) is 0. The molecule has 2 rings (SSSR count). The van der Waals surface area contributed by atoms with Crippen LogP contribution in [-0.2, 0) is 16.5 Å². The van der Waals surface area contributed by atoms with Gasteiger partial charge in [-0.1, -0.05) is 12.1 Å². The van der Waals surface area contributed by atoms with Gasteiger partial charge in [0.15, 0.2) is 0 Å². The summed E-state index contributed by atoms with van der Waals surface area (Å²) < 4.78 is 0. The van der Waals surface area contributed by atoms with Gasteiger partial charge in [-0.3, -0.25) is 9.98 Å². The van der Waals surface area contributed by atoms with E-state index in [4.69, 9.17) is 10.2 Å². The van der Waals surface area contributed by atoms with Gasteiger partial charge in [0.1, 0.15) is 22.6 Å². The average Bonchev–Trinajstić information content (AvgIpc) is 2.60. The summed E-state index contributed by atoms with van der Waals surface area (Å²) in [5.74, 6) is -3.18. The second kappa shape index (κ2) is 10.1. The van der Waals surface area contributed by atoms with Crippen molar-refractivity contribution in [3.05, 3.63) is 58.7 Å². The molecular formula is C18H16N2NiO6. The zero-order chi connectivity index (χ0) is 19.1. The number of carboxylic acids is 2. The van der Waals surface area contributed by atoms with Gasteiger partial charge in [-0.25, -0.2) is 9.59 Å². The van der Waals surface area contributed by atoms with E-state index in [0.29, 0.717) is 0 Å². The van der Waals surface area contributed by atoms with Crippen molar-refractivity contribution in [2.45, 2.75) is 0 Å². The van der Waals surface area contributed by atoms with Crippen molar-refractivity contribution in [3.8, 4) is 11.5 Å². The Morgan fingerprint density at radius 3 is 1.48 bits per heavy atom. The quantitative estimate of drug-likeness (QED) is 0.310. The first-order chi connectivity index (χ1) is 12.4. The number of phenols is 2. The standard InChI is InChI=1S/C18H16N2O6.Ni/c21-15-11(3-1-5-13(15)17(23)24)9-19-7-8-20-10-12-4-2-6-14(16(12)22)18(25)26;/h1-6,9-10,21-22H,7-8H2,(H,23,24)(H,25,26);. The number of para-hydroxylation sites is 2. The van der Waals surface area contributed by atoms with Crippen LogP contribution in [0.15, 0.2) is 46.4 Å². The zero-order valence-electron chi connectivity index (χ0n) is 13.8. The topological polar surface area (TPSA) is 140 Å². The Morgan fingerprint density at radius 2 is 1.15 bits per heavy atom. The molecule has 0 atom stereocenters. The van der Waals surface area contributed by atoms with E-state index in [0.717, 1.165) is 0 Å². The first-order valence-corrected chi connectivity index (χ1v) is 7.52. The third kappa shape index (κ3) is 5.65. The molecule has 2 aromatic carbocycles. The number of rotatable bonds is 7. The normalized spacial score (nSPS) is 10.8. The van der Waals surface area contributed by atoms with Gasteiger partial charge >= 0.3 is 11.9 Å². The SMILES string of the molecule is O=C(O)c1cccc(C=NCCN=Cc2cccc(C(=O)O)c2O)c1O.[Ni]. The van der Waals surface area contributed by atoms with Crippen molar-refractivity contribution in [2.24, 2.45) is 9.98 Å². The fourth-order valence-electron chi connectivity index (χ4n) is 2.12. The first kappa shape index (κ1) is 21.9. The third-order valence-corrected chi connectivity index (χ3v) is 3.41. The molecule has 0 saturated heterocycles. The fourth-order valence-corrected chi connectivity index (χ4v) is 2.12. The number of hydrogen-bond donors (Lipinski definition) is 4. The molecule has 0 aromatic heterocycles. The second-order valence-electron chi connectivity index (χ2n) is 5.17. The Bertz CT molecular complexity index is 822. The van der Waals surface area contributed by atoms with E-state index in [2.05, 4.69) is 9.98 Å².